The lowest BCUT2D eigenvalue weighted by atomic mass is 10.2. The minimum atomic E-state index is 1.02. The molecule has 0 aliphatic carbocycles. The van der Waals surface area contributed by atoms with Crippen molar-refractivity contribution in [2.45, 2.75) is 0 Å². The molecule has 2 aromatic carbocycles. The van der Waals surface area contributed by atoms with Crippen LogP contribution in [0.15, 0.2) is 42.5 Å². The molecule has 0 saturated carbocycles. The molecular formula is C12H7N2. The van der Waals surface area contributed by atoms with Crippen LogP contribution in [0, 0.1) is 0 Å². The van der Waals surface area contributed by atoms with Crippen molar-refractivity contribution >= 4 is 28.4 Å². The Balaban J connectivity index is 1.71. The lowest BCUT2D eigenvalue weighted by Gasteiger charge is -2.04. The highest BCUT2D eigenvalue weighted by Crippen LogP contribution is 2.76. The van der Waals surface area contributed by atoms with Crippen LogP contribution in [0.1, 0.15) is 0 Å². The molecule has 0 aromatic heterocycles. The molecule has 2 heteroatoms. The monoisotopic (exact) mass is 179 g/mol. The Bertz CT molecular complexity index is 532. The van der Waals surface area contributed by atoms with E-state index in [4.69, 9.17) is 0 Å². The fraction of sp³-hybridized carbons (Fsp3) is 0. The van der Waals surface area contributed by atoms with E-state index in [1.54, 1.807) is 0 Å². The molecule has 2 bridgehead atoms. The third kappa shape index (κ3) is 0.668. The van der Waals surface area contributed by atoms with Gasteiger partial charge in [-0.3, -0.25) is 0 Å². The van der Waals surface area contributed by atoms with Gasteiger partial charge in [0.05, 0.1) is 28.4 Å². The summed E-state index contributed by atoms with van der Waals surface area (Å²) in [5, 5.41) is 4.57. The first-order chi connectivity index (χ1) is 6.95. The number of para-hydroxylation sites is 1. The van der Waals surface area contributed by atoms with Crippen molar-refractivity contribution in [3.05, 3.63) is 42.5 Å². The van der Waals surface area contributed by atoms with Crippen molar-refractivity contribution in [2.75, 3.05) is 4.90 Å². The molecule has 65 valence electrons. The second kappa shape index (κ2) is 1.93. The molecule has 0 fully saturated rings. The SMILES string of the molecule is c1ccc([N]c2ccc3c4c2N34)cc1. The molecule has 3 aliphatic heterocycles. The summed E-state index contributed by atoms with van der Waals surface area (Å²) in [4.78, 5) is 2.24. The van der Waals surface area contributed by atoms with E-state index < -0.39 is 0 Å². The summed E-state index contributed by atoms with van der Waals surface area (Å²) in [5.41, 5.74) is 6.23. The Morgan fingerprint density at radius 3 is 2.36 bits per heavy atom. The topological polar surface area (TPSA) is 17.1 Å². The molecule has 3 aliphatic rings. The van der Waals surface area contributed by atoms with E-state index >= 15 is 0 Å². The quantitative estimate of drug-likeness (QED) is 0.431. The average Bonchev–Trinajstić information content (AvgIpc) is 3.09. The Kier molecular flexibility index (Phi) is 0.892. The van der Waals surface area contributed by atoms with Crippen LogP contribution in [-0.2, 0) is 0 Å². The lowest BCUT2D eigenvalue weighted by molar-refractivity contribution is 1.19. The first-order valence-corrected chi connectivity index (χ1v) is 4.69. The molecule has 0 spiro atoms. The standard InChI is InChI=1S/C12H7N2/c1-2-4-8(5-3-1)13-9-6-7-10-12-11(9)14(10)12/h1-7H. The maximum Gasteiger partial charge on any atom is 0.0986 e. The third-order valence-corrected chi connectivity index (χ3v) is 2.70. The minimum absolute atomic E-state index is 1.02. The highest BCUT2D eigenvalue weighted by Gasteiger charge is 2.52. The number of fused-ring (bicyclic) bond motifs is 2. The molecule has 1 radical (unpaired) electrons. The summed E-state index contributed by atoms with van der Waals surface area (Å²) in [6, 6.07) is 14.3. The normalized spacial score (nSPS) is 13.6. The van der Waals surface area contributed by atoms with Crippen molar-refractivity contribution in [3.8, 4) is 0 Å². The summed E-state index contributed by atoms with van der Waals surface area (Å²) in [6.07, 6.45) is 0. The van der Waals surface area contributed by atoms with Crippen LogP contribution < -0.4 is 10.2 Å². The highest BCUT2D eigenvalue weighted by atomic mass is 15.4. The van der Waals surface area contributed by atoms with Gasteiger partial charge in [0.15, 0.2) is 0 Å². The second-order valence-corrected chi connectivity index (χ2v) is 3.58. The number of anilines is 3. The van der Waals surface area contributed by atoms with E-state index in [1.165, 1.54) is 17.1 Å². The van der Waals surface area contributed by atoms with Crippen LogP contribution in [0.4, 0.5) is 28.4 Å². The van der Waals surface area contributed by atoms with Gasteiger partial charge in [0.2, 0.25) is 0 Å². The molecule has 0 saturated heterocycles. The molecule has 0 amide bonds. The number of hydrogen-bond donors (Lipinski definition) is 0. The lowest BCUT2D eigenvalue weighted by Crippen LogP contribution is -1.90. The van der Waals surface area contributed by atoms with Gasteiger partial charge in [-0.05, 0) is 24.3 Å². The fourth-order valence-electron chi connectivity index (χ4n) is 1.89. The predicted molar refractivity (Wildman–Crippen MR) is 56.1 cm³/mol. The Hall–Kier alpha value is -1.96. The summed E-state index contributed by atoms with van der Waals surface area (Å²) in [6.45, 7) is 0. The van der Waals surface area contributed by atoms with Crippen LogP contribution in [-0.4, -0.2) is 0 Å². The van der Waals surface area contributed by atoms with E-state index in [2.05, 4.69) is 22.3 Å². The Morgan fingerprint density at radius 2 is 1.64 bits per heavy atom. The van der Waals surface area contributed by atoms with E-state index in [9.17, 15) is 0 Å². The molecule has 0 atom stereocenters. The predicted octanol–water partition coefficient (Wildman–Crippen LogP) is 3.35. The number of benzene rings is 2. The van der Waals surface area contributed by atoms with Crippen molar-refractivity contribution in [1.29, 1.82) is 0 Å². The van der Waals surface area contributed by atoms with Crippen LogP contribution in [0.3, 0.4) is 0 Å². The van der Waals surface area contributed by atoms with Crippen LogP contribution >= 0.6 is 0 Å². The van der Waals surface area contributed by atoms with Gasteiger partial charge < -0.3 is 4.90 Å². The minimum Gasteiger partial charge on any atom is -0.300 e. The van der Waals surface area contributed by atoms with Gasteiger partial charge >= 0.3 is 0 Å². The molecule has 0 N–H and O–H groups in total. The van der Waals surface area contributed by atoms with Crippen molar-refractivity contribution < 1.29 is 0 Å². The van der Waals surface area contributed by atoms with Gasteiger partial charge in [-0.15, -0.1) is 0 Å². The summed E-state index contributed by atoms with van der Waals surface area (Å²) < 4.78 is 0. The number of hydrogen-bond acceptors (Lipinski definition) is 1. The first kappa shape index (κ1) is 6.49. The van der Waals surface area contributed by atoms with Crippen LogP contribution in [0.5, 0.6) is 0 Å². The zero-order valence-corrected chi connectivity index (χ0v) is 7.44. The largest absolute Gasteiger partial charge is 0.300 e. The van der Waals surface area contributed by atoms with E-state index in [0.29, 0.717) is 0 Å². The smallest absolute Gasteiger partial charge is 0.0986 e. The third-order valence-electron chi connectivity index (χ3n) is 2.70. The molecule has 2 nitrogen and oxygen atoms in total. The fourth-order valence-corrected chi connectivity index (χ4v) is 1.89. The zero-order valence-electron chi connectivity index (χ0n) is 7.44. The molecular weight excluding hydrogens is 172 g/mol. The van der Waals surface area contributed by atoms with Gasteiger partial charge in [-0.1, -0.05) is 18.2 Å². The molecule has 2 aromatic rings. The van der Waals surface area contributed by atoms with Crippen LogP contribution in [0.2, 0.25) is 0 Å². The molecule has 5 rings (SSSR count). The van der Waals surface area contributed by atoms with E-state index in [0.717, 1.165) is 11.4 Å². The molecule has 0 unspecified atom stereocenters. The Labute approximate surface area is 81.8 Å². The number of nitrogens with zero attached hydrogens (tertiary/aromatic N) is 2. The van der Waals surface area contributed by atoms with Gasteiger partial charge in [0.1, 0.15) is 0 Å². The Morgan fingerprint density at radius 1 is 0.857 bits per heavy atom. The van der Waals surface area contributed by atoms with E-state index in [-0.39, 0.29) is 0 Å². The maximum atomic E-state index is 4.57. The summed E-state index contributed by atoms with van der Waals surface area (Å²) >= 11 is 0. The van der Waals surface area contributed by atoms with Crippen molar-refractivity contribution in [3.63, 3.8) is 0 Å². The zero-order chi connectivity index (χ0) is 9.12. The average molecular weight is 179 g/mol. The van der Waals surface area contributed by atoms with Crippen molar-refractivity contribution in [1.82, 2.24) is 5.32 Å². The molecule has 14 heavy (non-hydrogen) atoms. The van der Waals surface area contributed by atoms with Gasteiger partial charge in [-0.25, -0.2) is 5.32 Å². The summed E-state index contributed by atoms with van der Waals surface area (Å²) in [7, 11) is 0. The van der Waals surface area contributed by atoms with E-state index in [1.807, 2.05) is 30.3 Å². The summed E-state index contributed by atoms with van der Waals surface area (Å²) in [5.74, 6) is 0. The van der Waals surface area contributed by atoms with Gasteiger partial charge in [-0.2, -0.15) is 0 Å². The maximum absolute atomic E-state index is 4.57. The number of rotatable bonds is 2. The van der Waals surface area contributed by atoms with Crippen LogP contribution in [0.25, 0.3) is 0 Å². The van der Waals surface area contributed by atoms with Gasteiger partial charge in [0.25, 0.3) is 0 Å². The highest BCUT2D eigenvalue weighted by molar-refractivity contribution is 6.28. The first-order valence-electron chi connectivity index (χ1n) is 4.69. The van der Waals surface area contributed by atoms with Gasteiger partial charge in [0, 0.05) is 0 Å². The molecule has 3 heterocycles. The van der Waals surface area contributed by atoms with Crippen molar-refractivity contribution in [2.24, 2.45) is 0 Å². The second-order valence-electron chi connectivity index (χ2n) is 3.58.